The molecule has 0 saturated carbocycles. The van der Waals surface area contributed by atoms with Crippen molar-refractivity contribution in [2.45, 2.75) is 378 Å². The number of fused-ring (bicyclic) bond motifs is 1. The number of furan rings is 1. The largest absolute Gasteiger partial charge is 0.469 e. The van der Waals surface area contributed by atoms with Gasteiger partial charge in [0.15, 0.2) is 11.5 Å². The topological polar surface area (TPSA) is 53.7 Å². The van der Waals surface area contributed by atoms with Gasteiger partial charge in [-0.15, -0.1) is 18.9 Å². The normalized spacial score (nSPS) is 11.3. The van der Waals surface area contributed by atoms with Crippen LogP contribution in [0.2, 0.25) is 0 Å². The van der Waals surface area contributed by atoms with Gasteiger partial charge in [0.25, 0.3) is 0 Å². The molecule has 2 aromatic carbocycles. The molecule has 1 aliphatic heterocycles. The summed E-state index contributed by atoms with van der Waals surface area (Å²) in [5, 5.41) is 0. The second-order valence-corrected chi connectivity index (χ2v) is 36.1. The Morgan fingerprint density at radius 2 is 0.990 bits per heavy atom. The van der Waals surface area contributed by atoms with Gasteiger partial charge in [-0.2, -0.15) is 13.2 Å². The zero-order valence-electron chi connectivity index (χ0n) is 65.2. The van der Waals surface area contributed by atoms with Gasteiger partial charge in [0.2, 0.25) is 6.79 Å². The van der Waals surface area contributed by atoms with Crippen molar-refractivity contribution in [2.24, 2.45) is 54.7 Å². The second-order valence-electron chi connectivity index (χ2n) is 36.1. The van der Waals surface area contributed by atoms with Crippen LogP contribution in [0.1, 0.15) is 368 Å². The van der Waals surface area contributed by atoms with E-state index in [4.69, 9.17) is 25.1 Å². The number of benzene rings is 2. The van der Waals surface area contributed by atoms with Crippen LogP contribution in [0.25, 0.3) is 0 Å². The van der Waals surface area contributed by atoms with Crippen LogP contribution in [0.4, 0.5) is 13.2 Å². The Kier molecular flexibility index (Phi) is 75.0. The van der Waals surface area contributed by atoms with Crippen molar-refractivity contribution in [1.29, 1.82) is 0 Å². The van der Waals surface area contributed by atoms with Crippen LogP contribution in [-0.4, -0.2) is 24.5 Å². The molecule has 0 fully saturated rings. The third kappa shape index (κ3) is 95.6. The molecular weight excluding hydrogens is 1240 g/mol. The number of terminal acetylenes is 1. The van der Waals surface area contributed by atoms with E-state index in [2.05, 4.69) is 236 Å². The first-order valence-electron chi connectivity index (χ1n) is 34.0. The Labute approximate surface area is 629 Å². The fourth-order valence-corrected chi connectivity index (χ4v) is 8.75. The lowest BCUT2D eigenvalue weighted by molar-refractivity contribution is -0.137. The maximum atomic E-state index is 12.4. The highest BCUT2D eigenvalue weighted by Crippen LogP contribution is 2.35. The molecule has 0 amide bonds. The smallest absolute Gasteiger partial charge is 0.416 e. The van der Waals surface area contributed by atoms with E-state index in [0.717, 1.165) is 73.5 Å². The van der Waals surface area contributed by atoms with Gasteiger partial charge in [0.05, 0.1) is 17.9 Å². The first-order chi connectivity index (χ1) is 40.9. The Hall–Kier alpha value is -4.48. The van der Waals surface area contributed by atoms with Crippen LogP contribution in [0.15, 0.2) is 102 Å². The van der Waals surface area contributed by atoms with Gasteiger partial charge in [-0.25, -0.2) is 0 Å². The van der Waals surface area contributed by atoms with Gasteiger partial charge in [-0.3, -0.25) is 4.98 Å². The number of hydrogen-bond donors (Lipinski definition) is 0. The Balaban J connectivity index is -0.0000000775. The first-order valence-corrected chi connectivity index (χ1v) is 34.0. The molecule has 5 nitrogen and oxygen atoms in total. The van der Waals surface area contributed by atoms with Crippen molar-refractivity contribution in [1.82, 2.24) is 4.98 Å². The van der Waals surface area contributed by atoms with E-state index in [9.17, 15) is 13.2 Å². The van der Waals surface area contributed by atoms with E-state index in [1.165, 1.54) is 61.9 Å². The van der Waals surface area contributed by atoms with Gasteiger partial charge in [-0.05, 0) is 180 Å². The number of rotatable bonds is 12. The standard InChI is InChI=1S/C12H15F3.C12H16O2.C11H17N.C10H22O.C9H14O.C8H18.C7H16.C7H14.C7H12.9CH4/c1-11(2,3)8-9-5-4-6-10(7-9)12(13,14)15;1-12(2,3)7-9-4-5-10-11(6-9)14-8-13-10;1-11(2,3)8-7-10-6-4-5-9-12-10;1-9(2)11-8-6-7-10(3,4)5;1-9(2,3)7-8-5-4-6-10-8;1-7(2)6-8(3,4)5;3*1-5-6-7(2,3)4;;;;;;;;;/h4-7H,8H2,1-3H3;4-6H,7-8H2,1-3H3;4-6,9H,7-8H2,1-3H3;9H,6-8H2,1-5H3;4-6H,7H2,1-3H3;7H,6H2,1-5H3;5-6H2,1-4H3;5H,1,6H2,2-4H3;1H,6H2,2-4H3;9*1H4. The number of hydrogen-bond acceptors (Lipinski definition) is 5. The molecule has 0 N–H and O–H groups in total. The SMILES string of the molecule is C.C.C.C.C.C.C.C.C.C#CCC(C)(C)C.C=CCC(C)(C)C.CC(C)(C)CCc1ccccn1.CC(C)(C)Cc1ccc2c(c1)OCO2.CC(C)(C)Cc1cccc(C(F)(F)F)c1.CC(C)(C)Cc1ccco1.CC(C)CC(C)(C)C.CC(C)OCCCC(C)(C)C.CCCC(C)(C)C. The maximum absolute atomic E-state index is 12.4. The summed E-state index contributed by atoms with van der Waals surface area (Å²) in [7, 11) is 0. The van der Waals surface area contributed by atoms with E-state index in [1.54, 1.807) is 12.3 Å². The molecule has 4 aromatic rings. The summed E-state index contributed by atoms with van der Waals surface area (Å²) in [5.74, 6) is 6.27. The molecule has 3 heterocycles. The predicted molar refractivity (Wildman–Crippen MR) is 455 cm³/mol. The molecule has 0 bridgehead atoms. The molecule has 5 rings (SSSR count). The van der Waals surface area contributed by atoms with Gasteiger partial charge in [0, 0.05) is 31.3 Å². The van der Waals surface area contributed by atoms with Crippen LogP contribution >= 0.6 is 0 Å². The summed E-state index contributed by atoms with van der Waals surface area (Å²) >= 11 is 0. The van der Waals surface area contributed by atoms with Crippen molar-refractivity contribution in [3.8, 4) is 23.8 Å². The minimum absolute atomic E-state index is 0. The lowest BCUT2D eigenvalue weighted by Crippen LogP contribution is -2.11. The lowest BCUT2D eigenvalue weighted by Gasteiger charge is -2.19. The number of nitrogens with zero attached hydrogens (tertiary/aromatic N) is 1. The van der Waals surface area contributed by atoms with Crippen molar-refractivity contribution in [3.05, 3.63) is 126 Å². The highest BCUT2D eigenvalue weighted by molar-refractivity contribution is 5.44. The molecule has 0 atom stereocenters. The fourth-order valence-electron chi connectivity index (χ4n) is 8.75. The van der Waals surface area contributed by atoms with E-state index < -0.39 is 11.7 Å². The zero-order valence-corrected chi connectivity index (χ0v) is 65.2. The van der Waals surface area contributed by atoms with Gasteiger partial charge in [-0.1, -0.05) is 317 Å². The molecule has 0 spiro atoms. The molecule has 2 aromatic heterocycles. The number of halogens is 3. The van der Waals surface area contributed by atoms with Crippen LogP contribution in [0.5, 0.6) is 11.5 Å². The maximum Gasteiger partial charge on any atom is 0.416 e. The molecule has 8 heteroatoms. The number of alkyl halides is 3. The summed E-state index contributed by atoms with van der Waals surface area (Å²) < 4.78 is 58.4. The van der Waals surface area contributed by atoms with Crippen molar-refractivity contribution in [3.63, 3.8) is 0 Å². The average Bonchev–Trinajstić information content (AvgIpc) is 1.47. The number of allylic oxidation sites excluding steroid dienone is 1. The quantitative estimate of drug-likeness (QED) is 0.0804. The van der Waals surface area contributed by atoms with Crippen molar-refractivity contribution < 1.29 is 31.8 Å². The molecule has 0 saturated heterocycles. The Bertz CT molecular complexity index is 2430. The summed E-state index contributed by atoms with van der Waals surface area (Å²) in [6.07, 6.45) is 20.1. The van der Waals surface area contributed by atoms with Gasteiger partial charge >= 0.3 is 6.18 Å². The summed E-state index contributed by atoms with van der Waals surface area (Å²) in [6.45, 7) is 75.4. The first kappa shape index (κ1) is 125. The van der Waals surface area contributed by atoms with Crippen LogP contribution in [-0.2, 0) is 36.6 Å². The predicted octanol–water partition coefficient (Wildman–Crippen LogP) is 32.8. The molecule has 1 aliphatic rings. The van der Waals surface area contributed by atoms with E-state index in [0.29, 0.717) is 62.6 Å². The number of aromatic nitrogens is 1. The summed E-state index contributed by atoms with van der Waals surface area (Å²) in [6, 6.07) is 21.8. The number of pyridine rings is 1. The van der Waals surface area contributed by atoms with E-state index >= 15 is 0 Å². The second kappa shape index (κ2) is 59.9. The number of ether oxygens (including phenoxy) is 3. The third-order valence-electron chi connectivity index (χ3n) is 12.2. The van der Waals surface area contributed by atoms with Crippen LogP contribution in [0.3, 0.4) is 0 Å². The average molecular weight is 1420 g/mol. The molecular formula is C92H180F3NO4. The summed E-state index contributed by atoms with van der Waals surface area (Å²) in [5.41, 5.74) is 6.02. The monoisotopic (exact) mass is 1420 g/mol. The highest BCUT2D eigenvalue weighted by atomic mass is 19.4. The summed E-state index contributed by atoms with van der Waals surface area (Å²) in [4.78, 5) is 4.28. The van der Waals surface area contributed by atoms with Crippen molar-refractivity contribution in [2.75, 3.05) is 13.4 Å². The molecule has 0 unspecified atom stereocenters. The minimum atomic E-state index is -4.24. The van der Waals surface area contributed by atoms with Crippen LogP contribution in [0, 0.1) is 67.0 Å². The molecule has 0 aliphatic carbocycles. The minimum Gasteiger partial charge on any atom is -0.469 e. The zero-order chi connectivity index (χ0) is 71.9. The fraction of sp³-hybridized carbons (Fsp3) is 0.728. The Morgan fingerprint density at radius 3 is 1.29 bits per heavy atom. The van der Waals surface area contributed by atoms with Gasteiger partial charge < -0.3 is 18.6 Å². The Morgan fingerprint density at radius 1 is 0.520 bits per heavy atom. The highest BCUT2D eigenvalue weighted by Gasteiger charge is 2.30. The number of aryl methyl sites for hydroxylation is 1. The van der Waals surface area contributed by atoms with E-state index in [1.807, 2.05) is 63.4 Å². The molecule has 0 radical (unpaired) electrons. The third-order valence-corrected chi connectivity index (χ3v) is 12.2. The van der Waals surface area contributed by atoms with Crippen LogP contribution < -0.4 is 9.47 Å². The van der Waals surface area contributed by atoms with Crippen molar-refractivity contribution >= 4 is 0 Å². The lowest BCUT2D eigenvalue weighted by atomic mass is 9.86. The van der Waals surface area contributed by atoms with Gasteiger partial charge in [0.1, 0.15) is 5.76 Å². The molecule has 598 valence electrons. The van der Waals surface area contributed by atoms with E-state index in [-0.39, 0.29) is 72.3 Å². The molecule has 100 heavy (non-hydrogen) atoms.